The minimum Gasteiger partial charge on any atom is -0.378 e. The molecule has 0 bridgehead atoms. The van der Waals surface area contributed by atoms with Crippen LogP contribution in [0.3, 0.4) is 0 Å². The Hall–Kier alpha value is -1.33. The van der Waals surface area contributed by atoms with Crippen molar-refractivity contribution < 1.29 is 13.9 Å². The van der Waals surface area contributed by atoms with E-state index in [-0.39, 0.29) is 11.7 Å². The van der Waals surface area contributed by atoms with Crippen molar-refractivity contribution in [3.8, 4) is 0 Å². The van der Waals surface area contributed by atoms with Crippen LogP contribution in [0.15, 0.2) is 18.3 Å². The zero-order valence-corrected chi connectivity index (χ0v) is 12.0. The number of pyridine rings is 1. The molecule has 0 saturated carbocycles. The van der Waals surface area contributed by atoms with Gasteiger partial charge in [-0.3, -0.25) is 14.7 Å². The second-order valence-electron chi connectivity index (χ2n) is 5.26. The molecule has 2 rings (SSSR count). The van der Waals surface area contributed by atoms with Crippen molar-refractivity contribution in [1.29, 1.82) is 0 Å². The highest BCUT2D eigenvalue weighted by Gasteiger charge is 2.26. The van der Waals surface area contributed by atoms with E-state index in [9.17, 15) is 9.18 Å². The number of carbonyl (C=O) groups excluding carboxylic acids is 1. The fraction of sp³-hybridized carbons (Fsp3) is 0.600. The smallest absolute Gasteiger partial charge is 0.185 e. The highest BCUT2D eigenvalue weighted by Crippen LogP contribution is 2.15. The first-order valence-electron chi connectivity index (χ1n) is 7.09. The van der Waals surface area contributed by atoms with Crippen molar-refractivity contribution in [2.75, 3.05) is 26.3 Å². The Balaban J connectivity index is 1.98. The molecule has 1 aliphatic heterocycles. The van der Waals surface area contributed by atoms with Gasteiger partial charge in [0.15, 0.2) is 5.78 Å². The number of ether oxygens (including phenoxy) is 1. The van der Waals surface area contributed by atoms with E-state index in [1.807, 2.05) is 6.92 Å². The van der Waals surface area contributed by atoms with Gasteiger partial charge in [-0.25, -0.2) is 4.39 Å². The maximum absolute atomic E-state index is 12.8. The Morgan fingerprint density at radius 3 is 3.05 bits per heavy atom. The molecule has 2 heterocycles. The molecule has 20 heavy (non-hydrogen) atoms. The third-order valence-electron chi connectivity index (χ3n) is 3.76. The van der Waals surface area contributed by atoms with Crippen molar-refractivity contribution in [2.45, 2.75) is 26.3 Å². The van der Waals surface area contributed by atoms with Crippen LogP contribution in [0.2, 0.25) is 0 Å². The van der Waals surface area contributed by atoms with Crippen LogP contribution in [0.1, 0.15) is 30.8 Å². The van der Waals surface area contributed by atoms with Crippen LogP contribution in [0.5, 0.6) is 0 Å². The Labute approximate surface area is 118 Å². The van der Waals surface area contributed by atoms with Crippen LogP contribution < -0.4 is 0 Å². The first-order valence-corrected chi connectivity index (χ1v) is 7.09. The summed E-state index contributed by atoms with van der Waals surface area (Å²) in [4.78, 5) is 18.4. The standard InChI is InChI=1S/C15H21FN2O2/c1-3-13-10-20-7-6-18(13)9-11(2)15(19)14-5-4-12(16)8-17-14/h4-5,8,11,13H,3,6-7,9-10H2,1-2H3. The van der Waals surface area contributed by atoms with Crippen molar-refractivity contribution >= 4 is 5.78 Å². The average molecular weight is 280 g/mol. The molecule has 5 heteroatoms. The predicted molar refractivity (Wildman–Crippen MR) is 74.2 cm³/mol. The summed E-state index contributed by atoms with van der Waals surface area (Å²) in [5.41, 5.74) is 0.334. The number of hydrogen-bond donors (Lipinski definition) is 0. The predicted octanol–water partition coefficient (Wildman–Crippen LogP) is 2.15. The van der Waals surface area contributed by atoms with Crippen molar-refractivity contribution in [1.82, 2.24) is 9.88 Å². The largest absolute Gasteiger partial charge is 0.378 e. The molecule has 2 unspecified atom stereocenters. The van der Waals surface area contributed by atoms with E-state index in [0.717, 1.165) is 25.8 Å². The molecule has 1 aromatic heterocycles. The van der Waals surface area contributed by atoms with Crippen LogP contribution >= 0.6 is 0 Å². The molecule has 0 aliphatic carbocycles. The fourth-order valence-electron chi connectivity index (χ4n) is 2.51. The number of Topliss-reactive ketones (excluding diaryl/α,β-unsaturated/α-hetero) is 1. The molecule has 0 radical (unpaired) electrons. The van der Waals surface area contributed by atoms with Gasteiger partial charge in [0, 0.05) is 25.0 Å². The summed E-state index contributed by atoms with van der Waals surface area (Å²) in [6.07, 6.45) is 2.10. The number of ketones is 1. The molecular weight excluding hydrogens is 259 g/mol. The molecule has 1 fully saturated rings. The minimum absolute atomic E-state index is 0.0358. The van der Waals surface area contributed by atoms with E-state index in [0.29, 0.717) is 24.9 Å². The summed E-state index contributed by atoms with van der Waals surface area (Å²) in [5, 5.41) is 0. The molecule has 4 nitrogen and oxygen atoms in total. The minimum atomic E-state index is -0.423. The van der Waals surface area contributed by atoms with E-state index >= 15 is 0 Å². The van der Waals surface area contributed by atoms with Crippen LogP contribution in [0, 0.1) is 11.7 Å². The van der Waals surface area contributed by atoms with Crippen LogP contribution in [-0.4, -0.2) is 48.0 Å². The Bertz CT molecular complexity index is 450. The van der Waals surface area contributed by atoms with Crippen molar-refractivity contribution in [3.05, 3.63) is 29.8 Å². The average Bonchev–Trinajstić information content (AvgIpc) is 2.48. The molecule has 0 aromatic carbocycles. The van der Waals surface area contributed by atoms with Gasteiger partial charge in [0.1, 0.15) is 11.5 Å². The van der Waals surface area contributed by atoms with Crippen molar-refractivity contribution in [2.24, 2.45) is 5.92 Å². The number of hydrogen-bond acceptors (Lipinski definition) is 4. The van der Waals surface area contributed by atoms with E-state index in [1.165, 1.54) is 12.1 Å². The zero-order valence-electron chi connectivity index (χ0n) is 12.0. The van der Waals surface area contributed by atoms with Gasteiger partial charge in [0.25, 0.3) is 0 Å². The lowest BCUT2D eigenvalue weighted by Crippen LogP contribution is -2.47. The highest BCUT2D eigenvalue weighted by molar-refractivity contribution is 5.95. The topological polar surface area (TPSA) is 42.4 Å². The van der Waals surface area contributed by atoms with E-state index < -0.39 is 5.82 Å². The lowest BCUT2D eigenvalue weighted by atomic mass is 10.0. The summed E-state index contributed by atoms with van der Waals surface area (Å²) in [5.74, 6) is -0.611. The molecule has 1 aliphatic rings. The molecule has 0 amide bonds. The van der Waals surface area contributed by atoms with Gasteiger partial charge in [0.05, 0.1) is 19.4 Å². The highest BCUT2D eigenvalue weighted by atomic mass is 19.1. The van der Waals surface area contributed by atoms with Gasteiger partial charge in [0.2, 0.25) is 0 Å². The quantitative estimate of drug-likeness (QED) is 0.775. The van der Waals surface area contributed by atoms with E-state index in [2.05, 4.69) is 16.8 Å². The third kappa shape index (κ3) is 3.61. The van der Waals surface area contributed by atoms with Gasteiger partial charge >= 0.3 is 0 Å². The van der Waals surface area contributed by atoms with Crippen molar-refractivity contribution in [3.63, 3.8) is 0 Å². The summed E-state index contributed by atoms with van der Waals surface area (Å²) < 4.78 is 18.3. The number of nitrogens with zero attached hydrogens (tertiary/aromatic N) is 2. The summed E-state index contributed by atoms with van der Waals surface area (Å²) in [7, 11) is 0. The summed E-state index contributed by atoms with van der Waals surface area (Å²) >= 11 is 0. The Morgan fingerprint density at radius 1 is 1.60 bits per heavy atom. The normalized spacial score (nSPS) is 21.6. The number of aromatic nitrogens is 1. The molecule has 0 spiro atoms. The monoisotopic (exact) mass is 280 g/mol. The maximum atomic E-state index is 12.8. The van der Waals surface area contributed by atoms with Gasteiger partial charge in [-0.15, -0.1) is 0 Å². The molecule has 1 saturated heterocycles. The number of carbonyl (C=O) groups is 1. The first kappa shape index (κ1) is 15.1. The van der Waals surface area contributed by atoms with Gasteiger partial charge in [-0.05, 0) is 18.6 Å². The summed E-state index contributed by atoms with van der Waals surface area (Å²) in [6, 6.07) is 3.10. The van der Waals surface area contributed by atoms with Crippen LogP contribution in [-0.2, 0) is 4.74 Å². The SMILES string of the molecule is CCC1COCCN1CC(C)C(=O)c1ccc(F)cn1. The molecular formula is C15H21FN2O2. The molecule has 1 aromatic rings. The number of rotatable bonds is 5. The molecule has 110 valence electrons. The number of halogens is 1. The Kier molecular flexibility index (Phi) is 5.20. The van der Waals surface area contributed by atoms with Crippen LogP contribution in [0.4, 0.5) is 4.39 Å². The second-order valence-corrected chi connectivity index (χ2v) is 5.26. The maximum Gasteiger partial charge on any atom is 0.185 e. The molecule has 0 N–H and O–H groups in total. The zero-order chi connectivity index (χ0) is 14.5. The lowest BCUT2D eigenvalue weighted by Gasteiger charge is -2.36. The fourth-order valence-corrected chi connectivity index (χ4v) is 2.51. The van der Waals surface area contributed by atoms with Gasteiger partial charge < -0.3 is 4.74 Å². The van der Waals surface area contributed by atoms with Gasteiger partial charge in [-0.1, -0.05) is 13.8 Å². The first-order chi connectivity index (χ1) is 9.61. The third-order valence-corrected chi connectivity index (χ3v) is 3.76. The molecule has 2 atom stereocenters. The second kappa shape index (κ2) is 6.90. The Morgan fingerprint density at radius 2 is 2.40 bits per heavy atom. The lowest BCUT2D eigenvalue weighted by molar-refractivity contribution is -0.0133. The van der Waals surface area contributed by atoms with E-state index in [1.54, 1.807) is 0 Å². The van der Waals surface area contributed by atoms with Gasteiger partial charge in [-0.2, -0.15) is 0 Å². The van der Waals surface area contributed by atoms with E-state index in [4.69, 9.17) is 4.74 Å². The summed E-state index contributed by atoms with van der Waals surface area (Å²) in [6.45, 7) is 7.01. The van der Waals surface area contributed by atoms with Crippen LogP contribution in [0.25, 0.3) is 0 Å². The number of morpholine rings is 1.